The van der Waals surface area contributed by atoms with Crippen molar-refractivity contribution in [1.29, 1.82) is 0 Å². The van der Waals surface area contributed by atoms with Crippen molar-refractivity contribution >= 4 is 26.5 Å². The summed E-state index contributed by atoms with van der Waals surface area (Å²) >= 11 is 0. The van der Waals surface area contributed by atoms with Gasteiger partial charge < -0.3 is 9.80 Å². The van der Waals surface area contributed by atoms with Crippen molar-refractivity contribution in [3.8, 4) is 0 Å². The van der Waals surface area contributed by atoms with Crippen LogP contribution in [0.5, 0.6) is 0 Å². The van der Waals surface area contributed by atoms with E-state index in [0.29, 0.717) is 10.6 Å². The highest BCUT2D eigenvalue weighted by atomic mass is 32.2. The van der Waals surface area contributed by atoms with Gasteiger partial charge in [0, 0.05) is 23.7 Å². The number of hydrogen-bond donors (Lipinski definition) is 1. The van der Waals surface area contributed by atoms with Crippen molar-refractivity contribution in [2.75, 3.05) is 37.4 Å². The summed E-state index contributed by atoms with van der Waals surface area (Å²) in [5, 5.41) is 1.66. The molecule has 0 unspecified atom stereocenters. The van der Waals surface area contributed by atoms with E-state index in [-0.39, 0.29) is 0 Å². The zero-order valence-electron chi connectivity index (χ0n) is 19.8. The van der Waals surface area contributed by atoms with Crippen molar-refractivity contribution in [3.05, 3.63) is 72.3 Å². The molecule has 1 N–H and O–H groups in total. The highest BCUT2D eigenvalue weighted by Gasteiger charge is 2.25. The van der Waals surface area contributed by atoms with Gasteiger partial charge in [0.25, 0.3) is 10.0 Å². The minimum Gasteiger partial charge on any atom is -0.303 e. The Morgan fingerprint density at radius 3 is 2.38 bits per heavy atom. The van der Waals surface area contributed by atoms with Gasteiger partial charge in [-0.1, -0.05) is 55.0 Å². The number of benzene rings is 3. The lowest BCUT2D eigenvalue weighted by molar-refractivity contribution is 0.0931. The second-order valence-corrected chi connectivity index (χ2v) is 11.4. The van der Waals surface area contributed by atoms with E-state index in [1.54, 1.807) is 12.1 Å². The standard InChI is InChI=1S/C28H35N3O2S/c32-34(33,28-13-7-10-24-9-2-3-12-27(24)28)29-25-11-6-8-23(22-25)14-19-30-20-15-26(16-21-30)31-17-4-1-5-18-31/h2-3,6-13,22,26,29H,1,4-5,14-21H2. The van der Waals surface area contributed by atoms with Gasteiger partial charge in [-0.15, -0.1) is 0 Å². The smallest absolute Gasteiger partial charge is 0.262 e. The van der Waals surface area contributed by atoms with E-state index in [9.17, 15) is 8.42 Å². The fourth-order valence-corrected chi connectivity index (χ4v) is 6.79. The summed E-state index contributed by atoms with van der Waals surface area (Å²) in [4.78, 5) is 5.59. The minimum atomic E-state index is -3.67. The lowest BCUT2D eigenvalue weighted by Crippen LogP contribution is -2.47. The molecule has 2 aliphatic rings. The highest BCUT2D eigenvalue weighted by molar-refractivity contribution is 7.93. The number of rotatable bonds is 7. The van der Waals surface area contributed by atoms with Crippen molar-refractivity contribution in [3.63, 3.8) is 0 Å². The van der Waals surface area contributed by atoms with Crippen LogP contribution in [0.15, 0.2) is 71.6 Å². The molecule has 0 radical (unpaired) electrons. The van der Waals surface area contributed by atoms with Crippen LogP contribution in [0.2, 0.25) is 0 Å². The molecule has 2 aliphatic heterocycles. The van der Waals surface area contributed by atoms with Gasteiger partial charge in [-0.25, -0.2) is 8.42 Å². The van der Waals surface area contributed by atoms with Crippen molar-refractivity contribution in [2.24, 2.45) is 0 Å². The molecular formula is C28H35N3O2S. The number of anilines is 1. The fourth-order valence-electron chi connectivity index (χ4n) is 5.51. The molecule has 2 heterocycles. The van der Waals surface area contributed by atoms with E-state index >= 15 is 0 Å². The Hall–Kier alpha value is -2.41. The van der Waals surface area contributed by atoms with Crippen LogP contribution in [-0.4, -0.2) is 57.0 Å². The fraction of sp³-hybridized carbons (Fsp3) is 0.429. The predicted molar refractivity (Wildman–Crippen MR) is 140 cm³/mol. The summed E-state index contributed by atoms with van der Waals surface area (Å²) in [6.07, 6.45) is 7.59. The number of hydrogen-bond acceptors (Lipinski definition) is 4. The molecule has 34 heavy (non-hydrogen) atoms. The van der Waals surface area contributed by atoms with Crippen LogP contribution in [0.25, 0.3) is 10.8 Å². The Morgan fingerprint density at radius 2 is 1.56 bits per heavy atom. The van der Waals surface area contributed by atoms with Crippen LogP contribution in [0.1, 0.15) is 37.7 Å². The van der Waals surface area contributed by atoms with Gasteiger partial charge in [0.2, 0.25) is 0 Å². The molecule has 0 aromatic heterocycles. The first kappa shape index (κ1) is 23.3. The lowest BCUT2D eigenvalue weighted by Gasteiger charge is -2.40. The largest absolute Gasteiger partial charge is 0.303 e. The molecule has 5 nitrogen and oxygen atoms in total. The molecule has 0 bridgehead atoms. The Morgan fingerprint density at radius 1 is 0.824 bits per heavy atom. The molecule has 0 aliphatic carbocycles. The molecule has 180 valence electrons. The molecule has 0 saturated carbocycles. The Labute approximate surface area is 203 Å². The number of likely N-dealkylation sites (tertiary alicyclic amines) is 2. The van der Waals surface area contributed by atoms with E-state index in [2.05, 4.69) is 20.6 Å². The van der Waals surface area contributed by atoms with E-state index in [0.717, 1.165) is 48.4 Å². The van der Waals surface area contributed by atoms with Gasteiger partial charge >= 0.3 is 0 Å². The maximum atomic E-state index is 13.2. The summed E-state index contributed by atoms with van der Waals surface area (Å²) in [6.45, 7) is 5.91. The summed E-state index contributed by atoms with van der Waals surface area (Å²) in [5.74, 6) is 0. The molecule has 3 aromatic rings. The SMILES string of the molecule is O=S(=O)(Nc1cccc(CCN2CCC(N3CCCCC3)CC2)c1)c1cccc2ccccc12. The molecule has 0 atom stereocenters. The third-order valence-electron chi connectivity index (χ3n) is 7.40. The van der Waals surface area contributed by atoms with E-state index in [1.165, 1.54) is 45.2 Å². The molecule has 2 saturated heterocycles. The Kier molecular flexibility index (Phi) is 7.18. The van der Waals surface area contributed by atoms with Crippen molar-refractivity contribution in [2.45, 2.75) is 49.5 Å². The molecule has 2 fully saturated rings. The average Bonchev–Trinajstić information content (AvgIpc) is 2.88. The molecule has 3 aromatic carbocycles. The first-order valence-corrected chi connectivity index (χ1v) is 14.1. The zero-order valence-corrected chi connectivity index (χ0v) is 20.6. The maximum absolute atomic E-state index is 13.2. The molecule has 0 spiro atoms. The molecule has 6 heteroatoms. The third-order valence-corrected chi connectivity index (χ3v) is 8.84. The van der Waals surface area contributed by atoms with E-state index in [1.807, 2.05) is 48.5 Å². The second kappa shape index (κ2) is 10.5. The topological polar surface area (TPSA) is 52.7 Å². The summed E-state index contributed by atoms with van der Waals surface area (Å²) in [6, 6.07) is 21.6. The predicted octanol–water partition coefficient (Wildman–Crippen LogP) is 5.13. The van der Waals surface area contributed by atoms with Crippen LogP contribution in [0, 0.1) is 0 Å². The van der Waals surface area contributed by atoms with E-state index in [4.69, 9.17) is 0 Å². The van der Waals surface area contributed by atoms with Crippen molar-refractivity contribution in [1.82, 2.24) is 9.80 Å². The van der Waals surface area contributed by atoms with Gasteiger partial charge in [-0.3, -0.25) is 4.72 Å². The highest BCUT2D eigenvalue weighted by Crippen LogP contribution is 2.26. The first-order valence-electron chi connectivity index (χ1n) is 12.6. The number of sulfonamides is 1. The minimum absolute atomic E-state index is 0.313. The Bertz CT molecular complexity index is 1210. The van der Waals surface area contributed by atoms with Gasteiger partial charge in [-0.05, 0) is 87.4 Å². The summed E-state index contributed by atoms with van der Waals surface area (Å²) in [7, 11) is -3.67. The lowest BCUT2D eigenvalue weighted by atomic mass is 9.99. The average molecular weight is 478 g/mol. The van der Waals surface area contributed by atoms with Gasteiger partial charge in [0.05, 0.1) is 4.90 Å². The van der Waals surface area contributed by atoms with Gasteiger partial charge in [0.15, 0.2) is 0 Å². The van der Waals surface area contributed by atoms with Crippen molar-refractivity contribution < 1.29 is 8.42 Å². The monoisotopic (exact) mass is 477 g/mol. The molecule has 5 rings (SSSR count). The number of nitrogens with zero attached hydrogens (tertiary/aromatic N) is 2. The van der Waals surface area contributed by atoms with Crippen LogP contribution in [0.4, 0.5) is 5.69 Å². The number of piperidine rings is 2. The van der Waals surface area contributed by atoms with E-state index < -0.39 is 10.0 Å². The summed E-state index contributed by atoms with van der Waals surface area (Å²) in [5.41, 5.74) is 1.78. The van der Waals surface area contributed by atoms with Crippen LogP contribution in [0.3, 0.4) is 0 Å². The third kappa shape index (κ3) is 5.45. The number of fused-ring (bicyclic) bond motifs is 1. The first-order chi connectivity index (χ1) is 16.6. The van der Waals surface area contributed by atoms with Crippen LogP contribution in [-0.2, 0) is 16.4 Å². The summed E-state index contributed by atoms with van der Waals surface area (Å²) < 4.78 is 29.1. The quantitative estimate of drug-likeness (QED) is 0.512. The molecular weight excluding hydrogens is 442 g/mol. The van der Waals surface area contributed by atoms with Gasteiger partial charge in [0.1, 0.15) is 0 Å². The molecule has 0 amide bonds. The van der Waals surface area contributed by atoms with Gasteiger partial charge in [-0.2, -0.15) is 0 Å². The number of nitrogens with one attached hydrogen (secondary N) is 1. The van der Waals surface area contributed by atoms with Crippen LogP contribution < -0.4 is 4.72 Å². The zero-order chi connectivity index (χ0) is 23.4. The van der Waals surface area contributed by atoms with Crippen LogP contribution >= 0.6 is 0 Å². The normalized spacial score (nSPS) is 18.8. The Balaban J connectivity index is 1.19. The second-order valence-electron chi connectivity index (χ2n) is 9.70. The maximum Gasteiger partial charge on any atom is 0.262 e.